The Kier molecular flexibility index (Phi) is 4.62. The van der Waals surface area contributed by atoms with Gasteiger partial charge in [-0.3, -0.25) is 0 Å². The zero-order chi connectivity index (χ0) is 14.5. The molecule has 2 aromatic carbocycles. The van der Waals surface area contributed by atoms with E-state index in [2.05, 4.69) is 6.07 Å². The molecule has 1 N–H and O–H groups in total. The van der Waals surface area contributed by atoms with Crippen molar-refractivity contribution in [2.45, 2.75) is 20.1 Å². The van der Waals surface area contributed by atoms with Crippen LogP contribution in [0.2, 0.25) is 5.02 Å². The van der Waals surface area contributed by atoms with Gasteiger partial charge < -0.3 is 9.84 Å². The fourth-order valence-corrected chi connectivity index (χ4v) is 2.17. The quantitative estimate of drug-likeness (QED) is 0.935. The molecule has 2 aromatic rings. The maximum atomic E-state index is 9.29. The van der Waals surface area contributed by atoms with Crippen molar-refractivity contribution >= 4 is 11.6 Å². The predicted molar refractivity (Wildman–Crippen MR) is 77.6 cm³/mol. The number of hydrogen-bond donors (Lipinski definition) is 1. The van der Waals surface area contributed by atoms with E-state index >= 15 is 0 Å². The lowest BCUT2D eigenvalue weighted by Crippen LogP contribution is -2.01. The van der Waals surface area contributed by atoms with E-state index in [1.807, 2.05) is 19.1 Å². The molecule has 0 radical (unpaired) electrons. The minimum atomic E-state index is -0.123. The van der Waals surface area contributed by atoms with Crippen LogP contribution in [0.5, 0.6) is 5.75 Å². The van der Waals surface area contributed by atoms with E-state index in [-0.39, 0.29) is 6.61 Å². The Labute approximate surface area is 123 Å². The van der Waals surface area contributed by atoms with Gasteiger partial charge in [-0.2, -0.15) is 5.26 Å². The van der Waals surface area contributed by atoms with Gasteiger partial charge in [0.25, 0.3) is 0 Å². The zero-order valence-corrected chi connectivity index (χ0v) is 11.8. The molecule has 0 bridgehead atoms. The third-order valence-electron chi connectivity index (χ3n) is 3.06. The first kappa shape index (κ1) is 14.4. The van der Waals surface area contributed by atoms with Crippen molar-refractivity contribution in [3.63, 3.8) is 0 Å². The summed E-state index contributed by atoms with van der Waals surface area (Å²) in [5.74, 6) is 0.500. The molecule has 0 aromatic heterocycles. The molecule has 0 heterocycles. The largest absolute Gasteiger partial charge is 0.487 e. The summed E-state index contributed by atoms with van der Waals surface area (Å²) in [7, 11) is 0. The molecule has 0 atom stereocenters. The molecular formula is C16H14ClNO2. The number of aryl methyl sites for hydroxylation is 1. The average Bonchev–Trinajstić information content (AvgIpc) is 2.46. The van der Waals surface area contributed by atoms with Crippen molar-refractivity contribution in [1.82, 2.24) is 0 Å². The second kappa shape index (κ2) is 6.42. The van der Waals surface area contributed by atoms with Gasteiger partial charge in [0.2, 0.25) is 0 Å². The van der Waals surface area contributed by atoms with Crippen LogP contribution in [0.1, 0.15) is 22.3 Å². The minimum Gasteiger partial charge on any atom is -0.487 e. The topological polar surface area (TPSA) is 53.2 Å². The van der Waals surface area contributed by atoms with Crippen LogP contribution in [-0.4, -0.2) is 5.11 Å². The molecular weight excluding hydrogens is 274 g/mol. The van der Waals surface area contributed by atoms with Crippen LogP contribution in [0, 0.1) is 18.3 Å². The average molecular weight is 288 g/mol. The molecule has 2 rings (SSSR count). The Balaban J connectivity index is 2.19. The smallest absolute Gasteiger partial charge is 0.143 e. The van der Waals surface area contributed by atoms with Gasteiger partial charge >= 0.3 is 0 Å². The van der Waals surface area contributed by atoms with Crippen molar-refractivity contribution in [1.29, 1.82) is 5.26 Å². The lowest BCUT2D eigenvalue weighted by molar-refractivity contribution is 0.259. The van der Waals surface area contributed by atoms with Crippen LogP contribution in [0.15, 0.2) is 36.4 Å². The summed E-state index contributed by atoms with van der Waals surface area (Å²) in [5, 5.41) is 18.6. The molecule has 0 aliphatic rings. The molecule has 4 heteroatoms. The van der Waals surface area contributed by atoms with Crippen LogP contribution >= 0.6 is 11.6 Å². The Hall–Kier alpha value is -2.02. The van der Waals surface area contributed by atoms with E-state index in [9.17, 15) is 5.11 Å². The van der Waals surface area contributed by atoms with Crippen molar-refractivity contribution < 1.29 is 9.84 Å². The second-order valence-corrected chi connectivity index (χ2v) is 4.84. The molecule has 0 amide bonds. The second-order valence-electron chi connectivity index (χ2n) is 4.43. The van der Waals surface area contributed by atoms with Crippen LogP contribution < -0.4 is 4.74 Å². The first-order valence-electron chi connectivity index (χ1n) is 6.16. The standard InChI is InChI=1S/C16H14ClNO2/c1-11-7-12(8-18)5-6-14(11)10-20-16-13(9-19)3-2-4-15(16)17/h2-7,19H,9-10H2,1H3. The lowest BCUT2D eigenvalue weighted by atomic mass is 10.1. The van der Waals surface area contributed by atoms with Crippen molar-refractivity contribution in [2.75, 3.05) is 0 Å². The lowest BCUT2D eigenvalue weighted by Gasteiger charge is -2.13. The van der Waals surface area contributed by atoms with E-state index in [1.54, 1.807) is 24.3 Å². The number of nitrogens with zero attached hydrogens (tertiary/aromatic N) is 1. The Bertz CT molecular complexity index is 662. The number of aliphatic hydroxyl groups is 1. The number of halogens is 1. The molecule has 0 saturated heterocycles. The maximum absolute atomic E-state index is 9.29. The molecule has 0 aliphatic carbocycles. The van der Waals surface area contributed by atoms with Gasteiger partial charge in [-0.1, -0.05) is 29.8 Å². The molecule has 0 fully saturated rings. The molecule has 0 spiro atoms. The number of aliphatic hydroxyl groups excluding tert-OH is 1. The van der Waals surface area contributed by atoms with Crippen molar-refractivity contribution in [2.24, 2.45) is 0 Å². The van der Waals surface area contributed by atoms with Gasteiger partial charge in [0.15, 0.2) is 0 Å². The van der Waals surface area contributed by atoms with Gasteiger partial charge in [-0.05, 0) is 36.2 Å². The van der Waals surface area contributed by atoms with E-state index in [4.69, 9.17) is 21.6 Å². The highest BCUT2D eigenvalue weighted by Crippen LogP contribution is 2.29. The molecule has 3 nitrogen and oxygen atoms in total. The number of hydrogen-bond acceptors (Lipinski definition) is 3. The van der Waals surface area contributed by atoms with Gasteiger partial charge in [-0.15, -0.1) is 0 Å². The highest BCUT2D eigenvalue weighted by atomic mass is 35.5. The number of rotatable bonds is 4. The molecule has 0 aliphatic heterocycles. The predicted octanol–water partition coefficient (Wildman–Crippen LogP) is 3.59. The number of benzene rings is 2. The number of nitriles is 1. The maximum Gasteiger partial charge on any atom is 0.143 e. The Morgan fingerprint density at radius 1 is 1.25 bits per heavy atom. The number of para-hydroxylation sites is 1. The van der Waals surface area contributed by atoms with Gasteiger partial charge in [-0.25, -0.2) is 0 Å². The van der Waals surface area contributed by atoms with E-state index in [0.717, 1.165) is 11.1 Å². The van der Waals surface area contributed by atoms with Crippen LogP contribution in [0.25, 0.3) is 0 Å². The van der Waals surface area contributed by atoms with Crippen LogP contribution in [-0.2, 0) is 13.2 Å². The summed E-state index contributed by atoms with van der Waals surface area (Å²) in [6.45, 7) is 2.15. The first-order chi connectivity index (χ1) is 9.65. The van der Waals surface area contributed by atoms with E-state index in [0.29, 0.717) is 28.5 Å². The summed E-state index contributed by atoms with van der Waals surface area (Å²) >= 11 is 6.08. The Morgan fingerprint density at radius 3 is 2.70 bits per heavy atom. The monoisotopic (exact) mass is 287 g/mol. The Morgan fingerprint density at radius 2 is 2.05 bits per heavy atom. The summed E-state index contributed by atoms with van der Waals surface area (Å²) in [5.41, 5.74) is 3.25. The van der Waals surface area contributed by atoms with Gasteiger partial charge in [0, 0.05) is 5.56 Å². The highest BCUT2D eigenvalue weighted by Gasteiger charge is 2.09. The summed E-state index contributed by atoms with van der Waals surface area (Å²) in [6, 6.07) is 12.8. The molecule has 0 unspecified atom stereocenters. The fourth-order valence-electron chi connectivity index (χ4n) is 1.92. The van der Waals surface area contributed by atoms with Crippen molar-refractivity contribution in [3.8, 4) is 11.8 Å². The van der Waals surface area contributed by atoms with E-state index in [1.165, 1.54) is 0 Å². The minimum absolute atomic E-state index is 0.123. The van der Waals surface area contributed by atoms with Crippen LogP contribution in [0.4, 0.5) is 0 Å². The SMILES string of the molecule is Cc1cc(C#N)ccc1COc1c(Cl)cccc1CO. The third-order valence-corrected chi connectivity index (χ3v) is 3.36. The van der Waals surface area contributed by atoms with Crippen molar-refractivity contribution in [3.05, 3.63) is 63.7 Å². The summed E-state index contributed by atoms with van der Waals surface area (Å²) in [4.78, 5) is 0. The van der Waals surface area contributed by atoms with E-state index < -0.39 is 0 Å². The zero-order valence-electron chi connectivity index (χ0n) is 11.1. The molecule has 0 saturated carbocycles. The summed E-state index contributed by atoms with van der Waals surface area (Å²) in [6.07, 6.45) is 0. The molecule has 102 valence electrons. The molecule has 20 heavy (non-hydrogen) atoms. The summed E-state index contributed by atoms with van der Waals surface area (Å²) < 4.78 is 5.72. The first-order valence-corrected chi connectivity index (χ1v) is 6.54. The van der Waals surface area contributed by atoms with Gasteiger partial charge in [0.05, 0.1) is 23.3 Å². The fraction of sp³-hybridized carbons (Fsp3) is 0.188. The van der Waals surface area contributed by atoms with Gasteiger partial charge in [0.1, 0.15) is 12.4 Å². The third kappa shape index (κ3) is 3.11. The van der Waals surface area contributed by atoms with Crippen LogP contribution in [0.3, 0.4) is 0 Å². The number of ether oxygens (including phenoxy) is 1. The normalized spacial score (nSPS) is 10.1. The highest BCUT2D eigenvalue weighted by molar-refractivity contribution is 6.32.